The van der Waals surface area contributed by atoms with Gasteiger partial charge in [0.15, 0.2) is 0 Å². The van der Waals surface area contributed by atoms with Crippen molar-refractivity contribution in [1.29, 1.82) is 0 Å². The van der Waals surface area contributed by atoms with Crippen LogP contribution in [-0.2, 0) is 6.54 Å². The number of halogens is 1. The molecule has 0 aliphatic heterocycles. The van der Waals surface area contributed by atoms with E-state index in [-0.39, 0.29) is 11.4 Å². The van der Waals surface area contributed by atoms with Gasteiger partial charge in [0.05, 0.1) is 5.60 Å². The molecule has 4 aliphatic carbocycles. The maximum Gasteiger partial charge on any atom is 0.127 e. The highest BCUT2D eigenvalue weighted by atomic mass is 19.1. The fourth-order valence-electron chi connectivity index (χ4n) is 5.35. The summed E-state index contributed by atoms with van der Waals surface area (Å²) in [6, 6.07) is 6.97. The highest BCUT2D eigenvalue weighted by molar-refractivity contribution is 5.19. The Hall–Kier alpha value is -0.930. The van der Waals surface area contributed by atoms with Crippen LogP contribution in [0, 0.1) is 17.7 Å². The van der Waals surface area contributed by atoms with E-state index in [1.807, 2.05) is 12.1 Å². The van der Waals surface area contributed by atoms with Gasteiger partial charge in [0.2, 0.25) is 0 Å². The first kappa shape index (κ1) is 12.8. The van der Waals surface area contributed by atoms with Gasteiger partial charge in [-0.15, -0.1) is 0 Å². The Kier molecular flexibility index (Phi) is 2.74. The van der Waals surface area contributed by atoms with Crippen LogP contribution in [0.4, 0.5) is 4.39 Å². The van der Waals surface area contributed by atoms with Crippen LogP contribution >= 0.6 is 0 Å². The zero-order chi connectivity index (χ0) is 13.8. The van der Waals surface area contributed by atoms with E-state index in [0.29, 0.717) is 18.4 Å². The lowest BCUT2D eigenvalue weighted by Gasteiger charge is -2.60. The van der Waals surface area contributed by atoms with E-state index in [2.05, 4.69) is 5.32 Å². The zero-order valence-corrected chi connectivity index (χ0v) is 11.7. The van der Waals surface area contributed by atoms with E-state index in [1.54, 1.807) is 6.07 Å². The van der Waals surface area contributed by atoms with Crippen LogP contribution in [0.5, 0.6) is 0 Å². The Bertz CT molecular complexity index is 515. The van der Waals surface area contributed by atoms with Crippen LogP contribution in [-0.4, -0.2) is 16.2 Å². The predicted octanol–water partition coefficient (Wildman–Crippen LogP) is 3.00. The van der Waals surface area contributed by atoms with Crippen LogP contribution in [0.2, 0.25) is 0 Å². The smallest absolute Gasteiger partial charge is 0.127 e. The van der Waals surface area contributed by atoms with Crippen LogP contribution in [0.25, 0.3) is 0 Å². The summed E-state index contributed by atoms with van der Waals surface area (Å²) in [7, 11) is 0. The van der Waals surface area contributed by atoms with Crippen LogP contribution in [0.3, 0.4) is 0 Å². The third kappa shape index (κ3) is 2.08. The number of nitrogens with one attached hydrogen (secondary N) is 1. The first-order valence-corrected chi connectivity index (χ1v) is 7.77. The Balaban J connectivity index is 1.53. The summed E-state index contributed by atoms with van der Waals surface area (Å²) in [5.74, 6) is 1.19. The maximum absolute atomic E-state index is 13.7. The number of aliphatic hydroxyl groups is 1. The Morgan fingerprint density at radius 2 is 1.85 bits per heavy atom. The molecule has 4 saturated carbocycles. The van der Waals surface area contributed by atoms with Gasteiger partial charge in [0.1, 0.15) is 5.82 Å². The van der Waals surface area contributed by atoms with Crippen molar-refractivity contribution in [2.75, 3.05) is 0 Å². The average molecular weight is 275 g/mol. The van der Waals surface area contributed by atoms with Gasteiger partial charge in [-0.25, -0.2) is 4.39 Å². The quantitative estimate of drug-likeness (QED) is 0.889. The summed E-state index contributed by atoms with van der Waals surface area (Å²) in [6.07, 6.45) is 6.40. The molecule has 0 radical (unpaired) electrons. The fourth-order valence-corrected chi connectivity index (χ4v) is 5.35. The van der Waals surface area contributed by atoms with Gasteiger partial charge in [-0.2, -0.15) is 0 Å². The third-order valence-electron chi connectivity index (χ3n) is 5.64. The van der Waals surface area contributed by atoms with Crippen molar-refractivity contribution in [2.24, 2.45) is 11.8 Å². The molecule has 0 aromatic heterocycles. The average Bonchev–Trinajstić information content (AvgIpc) is 2.35. The van der Waals surface area contributed by atoms with Crippen LogP contribution < -0.4 is 5.32 Å². The van der Waals surface area contributed by atoms with Gasteiger partial charge in [-0.3, -0.25) is 0 Å². The van der Waals surface area contributed by atoms with E-state index in [1.165, 1.54) is 12.5 Å². The summed E-state index contributed by atoms with van der Waals surface area (Å²) < 4.78 is 13.7. The number of benzene rings is 1. The molecule has 2 N–H and O–H groups in total. The van der Waals surface area contributed by atoms with E-state index >= 15 is 0 Å². The van der Waals surface area contributed by atoms with E-state index in [0.717, 1.165) is 37.7 Å². The molecule has 20 heavy (non-hydrogen) atoms. The third-order valence-corrected chi connectivity index (χ3v) is 5.64. The predicted molar refractivity (Wildman–Crippen MR) is 75.6 cm³/mol. The lowest BCUT2D eigenvalue weighted by molar-refractivity contribution is -0.142. The van der Waals surface area contributed by atoms with Gasteiger partial charge in [0.25, 0.3) is 0 Å². The fraction of sp³-hybridized carbons (Fsp3) is 0.647. The van der Waals surface area contributed by atoms with Crippen molar-refractivity contribution in [3.05, 3.63) is 35.6 Å². The van der Waals surface area contributed by atoms with Gasteiger partial charge in [-0.05, 0) is 56.4 Å². The van der Waals surface area contributed by atoms with Crippen molar-refractivity contribution in [2.45, 2.75) is 56.2 Å². The summed E-state index contributed by atoms with van der Waals surface area (Å²) in [5.41, 5.74) is 0.322. The molecule has 0 saturated heterocycles. The minimum atomic E-state index is -0.452. The summed E-state index contributed by atoms with van der Waals surface area (Å²) in [5, 5.41) is 14.3. The maximum atomic E-state index is 13.7. The topological polar surface area (TPSA) is 32.3 Å². The normalized spacial score (nSPS) is 42.1. The largest absolute Gasteiger partial charge is 0.390 e. The minimum Gasteiger partial charge on any atom is -0.390 e. The summed E-state index contributed by atoms with van der Waals surface area (Å²) in [6.45, 7) is 0.572. The lowest BCUT2D eigenvalue weighted by atomic mass is 9.51. The van der Waals surface area contributed by atoms with E-state index < -0.39 is 5.60 Å². The van der Waals surface area contributed by atoms with Gasteiger partial charge >= 0.3 is 0 Å². The second kappa shape index (κ2) is 4.28. The lowest BCUT2D eigenvalue weighted by Crippen LogP contribution is -2.64. The Morgan fingerprint density at radius 3 is 2.50 bits per heavy atom. The molecule has 4 aliphatic rings. The molecule has 4 fully saturated rings. The van der Waals surface area contributed by atoms with Crippen molar-refractivity contribution < 1.29 is 9.50 Å². The first-order valence-electron chi connectivity index (χ1n) is 7.77. The van der Waals surface area contributed by atoms with Crippen molar-refractivity contribution in [3.63, 3.8) is 0 Å². The molecule has 2 nitrogen and oxygen atoms in total. The summed E-state index contributed by atoms with van der Waals surface area (Å²) in [4.78, 5) is 0. The molecular formula is C17H22FNO. The van der Waals surface area contributed by atoms with Crippen LogP contribution in [0.1, 0.15) is 44.1 Å². The molecule has 1 aromatic rings. The zero-order valence-electron chi connectivity index (χ0n) is 11.7. The van der Waals surface area contributed by atoms with Gasteiger partial charge < -0.3 is 10.4 Å². The number of rotatable bonds is 3. The first-order chi connectivity index (χ1) is 9.56. The molecule has 0 spiro atoms. The standard InChI is InChI=1S/C17H22FNO/c18-15-4-2-1-3-14(15)10-19-16-6-12-5-13(7-16)9-17(20,8-12)11-16/h1-4,12-13,19-20H,5-11H2/t12-,13+,16?,17?. The molecule has 5 rings (SSSR count). The number of hydrogen-bond acceptors (Lipinski definition) is 2. The van der Waals surface area contributed by atoms with E-state index in [9.17, 15) is 9.50 Å². The SMILES string of the molecule is OC12C[C@H]3C[C@@H](C1)CC(NCc1ccccc1F)(C3)C2. The molecule has 1 aromatic carbocycles. The molecule has 2 unspecified atom stereocenters. The molecule has 0 heterocycles. The molecule has 108 valence electrons. The molecule has 4 atom stereocenters. The van der Waals surface area contributed by atoms with Gasteiger partial charge in [-0.1, -0.05) is 18.2 Å². The highest BCUT2D eigenvalue weighted by Crippen LogP contribution is 2.57. The van der Waals surface area contributed by atoms with Gasteiger partial charge in [0, 0.05) is 17.6 Å². The van der Waals surface area contributed by atoms with Crippen molar-refractivity contribution >= 4 is 0 Å². The van der Waals surface area contributed by atoms with Crippen molar-refractivity contribution in [3.8, 4) is 0 Å². The second-order valence-corrected chi connectivity index (χ2v) is 7.41. The highest BCUT2D eigenvalue weighted by Gasteiger charge is 2.56. The Morgan fingerprint density at radius 1 is 1.15 bits per heavy atom. The Labute approximate surface area is 119 Å². The minimum absolute atomic E-state index is 0.0428. The molecule has 4 bridgehead atoms. The molecule has 3 heteroatoms. The molecule has 0 amide bonds. The van der Waals surface area contributed by atoms with E-state index in [4.69, 9.17) is 0 Å². The summed E-state index contributed by atoms with van der Waals surface area (Å²) >= 11 is 0. The number of hydrogen-bond donors (Lipinski definition) is 2. The molecular weight excluding hydrogens is 253 g/mol. The van der Waals surface area contributed by atoms with Crippen LogP contribution in [0.15, 0.2) is 24.3 Å². The second-order valence-electron chi connectivity index (χ2n) is 7.41. The monoisotopic (exact) mass is 275 g/mol. The van der Waals surface area contributed by atoms with Crippen molar-refractivity contribution in [1.82, 2.24) is 5.32 Å².